The standard InChI is InChI=1S/C13H14ClN3O/c1-8-5-9(7-10(14)6-8)13-16-12(17-18-13)11-3-2-4-15-11/h5-7,11,15H,2-4H2,1H3. The Morgan fingerprint density at radius 1 is 1.39 bits per heavy atom. The van der Waals surface area contributed by atoms with Crippen molar-refractivity contribution in [2.75, 3.05) is 6.54 Å². The number of nitrogens with zero attached hydrogens (tertiary/aromatic N) is 2. The molecule has 1 aromatic heterocycles. The summed E-state index contributed by atoms with van der Waals surface area (Å²) in [5, 5.41) is 8.08. The lowest BCUT2D eigenvalue weighted by atomic mass is 10.1. The summed E-state index contributed by atoms with van der Waals surface area (Å²) < 4.78 is 5.31. The summed E-state index contributed by atoms with van der Waals surface area (Å²) in [5.41, 5.74) is 1.95. The Kier molecular flexibility index (Phi) is 3.06. The predicted molar refractivity (Wildman–Crippen MR) is 69.5 cm³/mol. The number of rotatable bonds is 2. The van der Waals surface area contributed by atoms with Crippen molar-refractivity contribution in [1.29, 1.82) is 0 Å². The number of aromatic nitrogens is 2. The van der Waals surface area contributed by atoms with E-state index >= 15 is 0 Å². The minimum Gasteiger partial charge on any atom is -0.334 e. The van der Waals surface area contributed by atoms with Crippen LogP contribution in [0.25, 0.3) is 11.5 Å². The van der Waals surface area contributed by atoms with Crippen molar-refractivity contribution in [2.45, 2.75) is 25.8 Å². The molecule has 1 fully saturated rings. The smallest absolute Gasteiger partial charge is 0.258 e. The molecule has 18 heavy (non-hydrogen) atoms. The lowest BCUT2D eigenvalue weighted by molar-refractivity contribution is 0.412. The van der Waals surface area contributed by atoms with Gasteiger partial charge in [-0.05, 0) is 50.1 Å². The highest BCUT2D eigenvalue weighted by molar-refractivity contribution is 6.30. The SMILES string of the molecule is Cc1cc(Cl)cc(-c2nc(C3CCCN3)no2)c1. The Balaban J connectivity index is 1.92. The zero-order valence-corrected chi connectivity index (χ0v) is 10.9. The van der Waals surface area contributed by atoms with Crippen molar-refractivity contribution in [1.82, 2.24) is 15.5 Å². The Hall–Kier alpha value is -1.39. The van der Waals surface area contributed by atoms with Gasteiger partial charge in [0.25, 0.3) is 5.89 Å². The number of hydrogen-bond acceptors (Lipinski definition) is 4. The van der Waals surface area contributed by atoms with Crippen LogP contribution in [0.2, 0.25) is 5.02 Å². The average molecular weight is 264 g/mol. The fourth-order valence-corrected chi connectivity index (χ4v) is 2.55. The lowest BCUT2D eigenvalue weighted by Gasteiger charge is -2.02. The maximum atomic E-state index is 6.03. The monoisotopic (exact) mass is 263 g/mol. The number of aryl methyl sites for hydroxylation is 1. The molecular weight excluding hydrogens is 250 g/mol. The van der Waals surface area contributed by atoms with Gasteiger partial charge in [-0.3, -0.25) is 0 Å². The molecule has 5 heteroatoms. The van der Waals surface area contributed by atoms with Crippen molar-refractivity contribution >= 4 is 11.6 Å². The first-order valence-electron chi connectivity index (χ1n) is 6.07. The van der Waals surface area contributed by atoms with Gasteiger partial charge >= 0.3 is 0 Å². The second-order valence-electron chi connectivity index (χ2n) is 4.62. The normalized spacial score (nSPS) is 19.3. The van der Waals surface area contributed by atoms with Crippen molar-refractivity contribution in [2.24, 2.45) is 0 Å². The molecule has 1 aromatic carbocycles. The van der Waals surface area contributed by atoms with Gasteiger partial charge in [0.15, 0.2) is 5.82 Å². The van der Waals surface area contributed by atoms with E-state index in [0.29, 0.717) is 10.9 Å². The summed E-state index contributed by atoms with van der Waals surface area (Å²) in [4.78, 5) is 4.45. The van der Waals surface area contributed by atoms with Crippen molar-refractivity contribution < 1.29 is 4.52 Å². The van der Waals surface area contributed by atoms with Crippen molar-refractivity contribution in [3.63, 3.8) is 0 Å². The van der Waals surface area contributed by atoms with Gasteiger partial charge in [-0.2, -0.15) is 4.98 Å². The second-order valence-corrected chi connectivity index (χ2v) is 5.06. The van der Waals surface area contributed by atoms with E-state index in [1.807, 2.05) is 25.1 Å². The molecule has 0 amide bonds. The molecule has 2 aromatic rings. The third-order valence-corrected chi connectivity index (χ3v) is 3.32. The van der Waals surface area contributed by atoms with Crippen LogP contribution in [0.15, 0.2) is 22.7 Å². The third kappa shape index (κ3) is 2.26. The molecule has 4 nitrogen and oxygen atoms in total. The molecule has 2 heterocycles. The molecule has 0 bridgehead atoms. The maximum Gasteiger partial charge on any atom is 0.258 e. The largest absolute Gasteiger partial charge is 0.334 e. The van der Waals surface area contributed by atoms with Gasteiger partial charge in [-0.1, -0.05) is 16.8 Å². The molecule has 94 valence electrons. The first-order chi connectivity index (χ1) is 8.72. The van der Waals surface area contributed by atoms with Crippen LogP contribution >= 0.6 is 11.6 Å². The number of halogens is 1. The molecule has 0 aliphatic carbocycles. The molecule has 0 saturated carbocycles. The highest BCUT2D eigenvalue weighted by atomic mass is 35.5. The summed E-state index contributed by atoms with van der Waals surface area (Å²) in [5.74, 6) is 1.27. The Bertz CT molecular complexity index is 541. The van der Waals surface area contributed by atoms with Crippen molar-refractivity contribution in [3.8, 4) is 11.5 Å². The van der Waals surface area contributed by atoms with Crippen LogP contribution in [-0.4, -0.2) is 16.7 Å². The van der Waals surface area contributed by atoms with Crippen LogP contribution in [0.3, 0.4) is 0 Å². The highest BCUT2D eigenvalue weighted by Gasteiger charge is 2.22. The highest BCUT2D eigenvalue weighted by Crippen LogP contribution is 2.26. The van der Waals surface area contributed by atoms with E-state index in [1.54, 1.807) is 0 Å². The zero-order chi connectivity index (χ0) is 12.5. The van der Waals surface area contributed by atoms with Crippen LogP contribution in [-0.2, 0) is 0 Å². The molecule has 1 unspecified atom stereocenters. The van der Waals surface area contributed by atoms with Gasteiger partial charge in [0.2, 0.25) is 0 Å². The van der Waals surface area contributed by atoms with E-state index in [2.05, 4.69) is 15.5 Å². The molecule has 1 saturated heterocycles. The molecule has 1 atom stereocenters. The van der Waals surface area contributed by atoms with E-state index in [-0.39, 0.29) is 6.04 Å². The molecular formula is C13H14ClN3O. The Labute approximate surface area is 110 Å². The van der Waals surface area contributed by atoms with E-state index in [1.165, 1.54) is 0 Å². The van der Waals surface area contributed by atoms with E-state index < -0.39 is 0 Å². The molecule has 3 rings (SSSR count). The quantitative estimate of drug-likeness (QED) is 0.904. The minimum absolute atomic E-state index is 0.225. The van der Waals surface area contributed by atoms with Crippen LogP contribution in [0.5, 0.6) is 0 Å². The first-order valence-corrected chi connectivity index (χ1v) is 6.45. The topological polar surface area (TPSA) is 51.0 Å². The van der Waals surface area contributed by atoms with Crippen LogP contribution < -0.4 is 5.32 Å². The molecule has 1 aliphatic heterocycles. The van der Waals surface area contributed by atoms with Gasteiger partial charge in [-0.15, -0.1) is 0 Å². The fraction of sp³-hybridized carbons (Fsp3) is 0.385. The van der Waals surface area contributed by atoms with Gasteiger partial charge in [-0.25, -0.2) is 0 Å². The summed E-state index contributed by atoms with van der Waals surface area (Å²) in [7, 11) is 0. The van der Waals surface area contributed by atoms with Crippen LogP contribution in [0.1, 0.15) is 30.3 Å². The van der Waals surface area contributed by atoms with Crippen molar-refractivity contribution in [3.05, 3.63) is 34.6 Å². The Morgan fingerprint density at radius 2 is 2.28 bits per heavy atom. The fourth-order valence-electron chi connectivity index (χ4n) is 2.26. The number of hydrogen-bond donors (Lipinski definition) is 1. The maximum absolute atomic E-state index is 6.03. The van der Waals surface area contributed by atoms with Gasteiger partial charge in [0.1, 0.15) is 0 Å². The van der Waals surface area contributed by atoms with Crippen LogP contribution in [0, 0.1) is 6.92 Å². The van der Waals surface area contributed by atoms with Crippen LogP contribution in [0.4, 0.5) is 0 Å². The first kappa shape index (κ1) is 11.7. The summed E-state index contributed by atoms with van der Waals surface area (Å²) in [6.07, 6.45) is 2.22. The average Bonchev–Trinajstić information content (AvgIpc) is 2.99. The molecule has 1 aliphatic rings. The molecule has 1 N–H and O–H groups in total. The Morgan fingerprint density at radius 3 is 3.00 bits per heavy atom. The number of benzene rings is 1. The summed E-state index contributed by atoms with van der Waals surface area (Å²) in [6.45, 7) is 3.01. The predicted octanol–water partition coefficient (Wildman–Crippen LogP) is 3.12. The lowest BCUT2D eigenvalue weighted by Crippen LogP contribution is -2.14. The zero-order valence-electron chi connectivity index (χ0n) is 10.1. The second kappa shape index (κ2) is 4.71. The van der Waals surface area contributed by atoms with Gasteiger partial charge < -0.3 is 9.84 Å². The summed E-state index contributed by atoms with van der Waals surface area (Å²) in [6, 6.07) is 5.96. The third-order valence-electron chi connectivity index (χ3n) is 3.10. The molecule has 0 radical (unpaired) electrons. The van der Waals surface area contributed by atoms with Gasteiger partial charge in [0.05, 0.1) is 6.04 Å². The minimum atomic E-state index is 0.225. The summed E-state index contributed by atoms with van der Waals surface area (Å²) >= 11 is 6.03. The molecule has 0 spiro atoms. The number of nitrogens with one attached hydrogen (secondary N) is 1. The van der Waals surface area contributed by atoms with E-state index in [9.17, 15) is 0 Å². The van der Waals surface area contributed by atoms with E-state index in [0.717, 1.165) is 36.3 Å². The van der Waals surface area contributed by atoms with E-state index in [4.69, 9.17) is 16.1 Å². The van der Waals surface area contributed by atoms with Gasteiger partial charge in [0, 0.05) is 10.6 Å².